The minimum atomic E-state index is 0.641. The van der Waals surface area contributed by atoms with Gasteiger partial charge in [0.25, 0.3) is 0 Å². The highest BCUT2D eigenvalue weighted by atomic mass is 15.0. The van der Waals surface area contributed by atoms with E-state index in [1.807, 2.05) is 12.1 Å². The van der Waals surface area contributed by atoms with Crippen molar-refractivity contribution in [1.29, 1.82) is 0 Å². The van der Waals surface area contributed by atoms with E-state index in [1.54, 1.807) is 0 Å². The van der Waals surface area contributed by atoms with E-state index in [-0.39, 0.29) is 0 Å². The molecule has 46 heavy (non-hydrogen) atoms. The highest BCUT2D eigenvalue weighted by Crippen LogP contribution is 2.31. The molecule has 3 heteroatoms. The molecule has 0 unspecified atom stereocenters. The van der Waals surface area contributed by atoms with Crippen LogP contribution in [0.25, 0.3) is 78.3 Å². The molecule has 1 aromatic heterocycles. The summed E-state index contributed by atoms with van der Waals surface area (Å²) in [5.74, 6) is 1.92. The molecular weight excluding hydrogens is 558 g/mol. The van der Waals surface area contributed by atoms with Gasteiger partial charge in [-0.25, -0.2) is 15.0 Å². The van der Waals surface area contributed by atoms with Gasteiger partial charge in [0.1, 0.15) is 0 Å². The summed E-state index contributed by atoms with van der Waals surface area (Å²) in [5.41, 5.74) is 9.75. The van der Waals surface area contributed by atoms with E-state index < -0.39 is 0 Å². The van der Waals surface area contributed by atoms with Gasteiger partial charge in [-0.1, -0.05) is 164 Å². The van der Waals surface area contributed by atoms with Crippen molar-refractivity contribution in [2.45, 2.75) is 0 Å². The Balaban J connectivity index is 1.22. The van der Waals surface area contributed by atoms with Crippen molar-refractivity contribution in [2.24, 2.45) is 0 Å². The van der Waals surface area contributed by atoms with E-state index in [0.29, 0.717) is 17.5 Å². The molecule has 1 heterocycles. The number of rotatable bonds is 6. The topological polar surface area (TPSA) is 38.7 Å². The van der Waals surface area contributed by atoms with Crippen molar-refractivity contribution in [1.82, 2.24) is 15.0 Å². The Morgan fingerprint density at radius 3 is 1.15 bits per heavy atom. The van der Waals surface area contributed by atoms with E-state index in [2.05, 4.69) is 164 Å². The minimum absolute atomic E-state index is 0.641. The van der Waals surface area contributed by atoms with Crippen molar-refractivity contribution >= 4 is 10.8 Å². The first kappa shape index (κ1) is 27.4. The lowest BCUT2D eigenvalue weighted by atomic mass is 9.99. The second kappa shape index (κ2) is 12.1. The third-order valence-electron chi connectivity index (χ3n) is 8.34. The summed E-state index contributed by atoms with van der Waals surface area (Å²) in [5, 5.41) is 2.44. The van der Waals surface area contributed by atoms with E-state index >= 15 is 0 Å². The lowest BCUT2D eigenvalue weighted by Crippen LogP contribution is -2.00. The molecule has 0 aliphatic rings. The molecule has 0 bridgehead atoms. The molecule has 0 atom stereocenters. The summed E-state index contributed by atoms with van der Waals surface area (Å²) in [4.78, 5) is 15.1. The molecule has 216 valence electrons. The van der Waals surface area contributed by atoms with Crippen molar-refractivity contribution in [2.75, 3.05) is 0 Å². The summed E-state index contributed by atoms with van der Waals surface area (Å²) in [7, 11) is 0. The van der Waals surface area contributed by atoms with Crippen LogP contribution in [0.2, 0.25) is 0 Å². The van der Waals surface area contributed by atoms with Gasteiger partial charge in [-0.2, -0.15) is 0 Å². The summed E-state index contributed by atoms with van der Waals surface area (Å²) in [6.07, 6.45) is 0. The third kappa shape index (κ3) is 5.58. The van der Waals surface area contributed by atoms with Gasteiger partial charge >= 0.3 is 0 Å². The Hall–Kier alpha value is -6.19. The molecule has 0 aliphatic carbocycles. The maximum atomic E-state index is 5.03. The lowest BCUT2D eigenvalue weighted by molar-refractivity contribution is 1.07. The van der Waals surface area contributed by atoms with Gasteiger partial charge in [0.15, 0.2) is 17.5 Å². The smallest absolute Gasteiger partial charge is 0.164 e. The van der Waals surface area contributed by atoms with Crippen LogP contribution in [0.1, 0.15) is 0 Å². The summed E-state index contributed by atoms with van der Waals surface area (Å²) in [6.45, 7) is 0. The first-order chi connectivity index (χ1) is 22.8. The highest BCUT2D eigenvalue weighted by molar-refractivity contribution is 5.88. The zero-order valence-corrected chi connectivity index (χ0v) is 25.1. The first-order valence-corrected chi connectivity index (χ1v) is 15.4. The van der Waals surface area contributed by atoms with Crippen LogP contribution < -0.4 is 0 Å². The average molecular weight is 588 g/mol. The second-order valence-corrected chi connectivity index (χ2v) is 11.3. The predicted octanol–water partition coefficient (Wildman–Crippen LogP) is 11.0. The van der Waals surface area contributed by atoms with Gasteiger partial charge in [-0.05, 0) is 56.3 Å². The van der Waals surface area contributed by atoms with Gasteiger partial charge in [-0.15, -0.1) is 0 Å². The number of nitrogens with zero attached hydrogens (tertiary/aromatic N) is 3. The Morgan fingerprint density at radius 1 is 0.217 bits per heavy atom. The normalized spacial score (nSPS) is 11.0. The Labute approximate surface area is 268 Å². The molecule has 3 nitrogen and oxygen atoms in total. The number of benzene rings is 7. The van der Waals surface area contributed by atoms with Gasteiger partial charge < -0.3 is 0 Å². The van der Waals surface area contributed by atoms with Gasteiger partial charge in [0, 0.05) is 16.7 Å². The van der Waals surface area contributed by atoms with Gasteiger partial charge in [0.2, 0.25) is 0 Å². The fourth-order valence-electron chi connectivity index (χ4n) is 5.85. The maximum absolute atomic E-state index is 5.03. The average Bonchev–Trinajstić information content (AvgIpc) is 3.15. The van der Waals surface area contributed by atoms with Crippen LogP contribution in [0.5, 0.6) is 0 Å². The molecule has 0 radical (unpaired) electrons. The molecular formula is C43H29N3. The molecule has 0 aliphatic heterocycles. The molecule has 7 aromatic carbocycles. The maximum Gasteiger partial charge on any atom is 0.164 e. The fraction of sp³-hybridized carbons (Fsp3) is 0. The Kier molecular flexibility index (Phi) is 7.18. The summed E-state index contributed by atoms with van der Waals surface area (Å²) >= 11 is 0. The van der Waals surface area contributed by atoms with Crippen LogP contribution in [0.15, 0.2) is 176 Å². The molecule has 0 saturated heterocycles. The third-order valence-corrected chi connectivity index (χ3v) is 8.34. The van der Waals surface area contributed by atoms with Gasteiger partial charge in [0.05, 0.1) is 0 Å². The Morgan fingerprint density at radius 2 is 0.587 bits per heavy atom. The van der Waals surface area contributed by atoms with E-state index in [4.69, 9.17) is 15.0 Å². The number of aromatic nitrogens is 3. The molecule has 0 amide bonds. The second-order valence-electron chi connectivity index (χ2n) is 11.3. The molecule has 8 rings (SSSR count). The zero-order valence-electron chi connectivity index (χ0n) is 25.1. The van der Waals surface area contributed by atoms with E-state index in [1.165, 1.54) is 21.9 Å². The van der Waals surface area contributed by atoms with Crippen LogP contribution in [-0.4, -0.2) is 15.0 Å². The van der Waals surface area contributed by atoms with Gasteiger partial charge in [-0.3, -0.25) is 0 Å². The van der Waals surface area contributed by atoms with Crippen molar-refractivity contribution in [3.05, 3.63) is 176 Å². The monoisotopic (exact) mass is 587 g/mol. The first-order valence-electron chi connectivity index (χ1n) is 15.4. The highest BCUT2D eigenvalue weighted by Gasteiger charge is 2.14. The quantitative estimate of drug-likeness (QED) is 0.194. The molecule has 0 saturated carbocycles. The SMILES string of the molecule is c1ccc(-c2ccc(-c3nc(-c4ccc(-c5ccccc5)cc4)nc(-c4cccc(-c5ccc6ccccc6c5)c4)n3)cc2)cc1. The molecule has 0 fully saturated rings. The minimum Gasteiger partial charge on any atom is -0.208 e. The predicted molar refractivity (Wildman–Crippen MR) is 190 cm³/mol. The summed E-state index contributed by atoms with van der Waals surface area (Å²) < 4.78 is 0. The van der Waals surface area contributed by atoms with Crippen molar-refractivity contribution in [3.8, 4) is 67.5 Å². The fourth-order valence-corrected chi connectivity index (χ4v) is 5.85. The van der Waals surface area contributed by atoms with Crippen LogP contribution in [0, 0.1) is 0 Å². The number of hydrogen-bond donors (Lipinski definition) is 0. The number of fused-ring (bicyclic) bond motifs is 1. The van der Waals surface area contributed by atoms with Crippen LogP contribution >= 0.6 is 0 Å². The van der Waals surface area contributed by atoms with Crippen molar-refractivity contribution < 1.29 is 0 Å². The number of hydrogen-bond acceptors (Lipinski definition) is 3. The molecule has 0 spiro atoms. The zero-order chi connectivity index (χ0) is 30.7. The van der Waals surface area contributed by atoms with Crippen molar-refractivity contribution in [3.63, 3.8) is 0 Å². The standard InChI is InChI=1S/C43H29N3/c1-3-10-30(11-4-1)33-18-23-35(24-19-33)41-44-42(36-25-20-34(21-26-36)31-12-5-2-6-13-31)46-43(45-41)40-17-9-16-38(29-40)39-27-22-32-14-7-8-15-37(32)28-39/h1-29H. The van der Waals surface area contributed by atoms with Crippen LogP contribution in [0.3, 0.4) is 0 Å². The van der Waals surface area contributed by atoms with Crippen LogP contribution in [-0.2, 0) is 0 Å². The molecule has 8 aromatic rings. The lowest BCUT2D eigenvalue weighted by Gasteiger charge is -2.11. The molecule has 0 N–H and O–H groups in total. The Bertz CT molecular complexity index is 2170. The van der Waals surface area contributed by atoms with E-state index in [9.17, 15) is 0 Å². The largest absolute Gasteiger partial charge is 0.208 e. The summed E-state index contributed by atoms with van der Waals surface area (Å²) in [6, 6.07) is 61.2. The van der Waals surface area contributed by atoms with Crippen LogP contribution in [0.4, 0.5) is 0 Å². The van der Waals surface area contributed by atoms with E-state index in [0.717, 1.165) is 38.9 Å².